The summed E-state index contributed by atoms with van der Waals surface area (Å²) in [6.07, 6.45) is -3.74. The summed E-state index contributed by atoms with van der Waals surface area (Å²) in [6, 6.07) is 4.65. The summed E-state index contributed by atoms with van der Waals surface area (Å²) in [5.74, 6) is -0.920. The lowest BCUT2D eigenvalue weighted by atomic mass is 10.1. The minimum Gasteiger partial charge on any atom is -0.459 e. The molecule has 0 aliphatic carbocycles. The molecule has 0 saturated heterocycles. The van der Waals surface area contributed by atoms with Crippen molar-refractivity contribution in [2.45, 2.75) is 39.0 Å². The van der Waals surface area contributed by atoms with Crippen molar-refractivity contribution in [2.75, 3.05) is 0 Å². The Kier molecular flexibility index (Phi) is 4.76. The van der Waals surface area contributed by atoms with Gasteiger partial charge in [0.15, 0.2) is 0 Å². The largest absolute Gasteiger partial charge is 0.459 e. The number of alkyl halides is 3. The van der Waals surface area contributed by atoms with Gasteiger partial charge >= 0.3 is 12.1 Å². The third-order valence-electron chi connectivity index (χ3n) is 2.64. The van der Waals surface area contributed by atoms with Gasteiger partial charge in [-0.05, 0) is 25.0 Å². The van der Waals surface area contributed by atoms with Gasteiger partial charge in [0.2, 0.25) is 0 Å². The summed E-state index contributed by atoms with van der Waals surface area (Å²) < 4.78 is 43.1. The van der Waals surface area contributed by atoms with Gasteiger partial charge in [-0.2, -0.15) is 13.2 Å². The lowest BCUT2D eigenvalue weighted by Crippen LogP contribution is -2.20. The molecule has 0 saturated carbocycles. The first-order valence-corrected chi connectivity index (χ1v) is 5.77. The van der Waals surface area contributed by atoms with Crippen LogP contribution in [-0.2, 0) is 10.9 Å². The average Bonchev–Trinajstić information content (AvgIpc) is 2.34. The maximum absolute atomic E-state index is 12.7. The Labute approximate surface area is 104 Å². The minimum absolute atomic E-state index is 0.348. The van der Waals surface area contributed by atoms with E-state index in [4.69, 9.17) is 4.74 Å². The van der Waals surface area contributed by atoms with Crippen LogP contribution in [0.4, 0.5) is 13.2 Å². The van der Waals surface area contributed by atoms with E-state index >= 15 is 0 Å². The number of halogens is 3. The second kappa shape index (κ2) is 5.89. The van der Waals surface area contributed by atoms with Crippen LogP contribution in [0.1, 0.15) is 42.6 Å². The van der Waals surface area contributed by atoms with Crippen molar-refractivity contribution in [2.24, 2.45) is 0 Å². The molecule has 0 amide bonds. The van der Waals surface area contributed by atoms with Crippen LogP contribution in [-0.4, -0.2) is 12.1 Å². The lowest BCUT2D eigenvalue weighted by Gasteiger charge is -2.16. The molecule has 0 aliphatic rings. The first-order chi connectivity index (χ1) is 8.40. The van der Waals surface area contributed by atoms with Gasteiger partial charge in [-0.15, -0.1) is 0 Å². The van der Waals surface area contributed by atoms with Gasteiger partial charge in [0, 0.05) is 0 Å². The lowest BCUT2D eigenvalue weighted by molar-refractivity contribution is -0.138. The fourth-order valence-corrected chi connectivity index (χ4v) is 1.58. The zero-order valence-corrected chi connectivity index (χ0v) is 10.3. The highest BCUT2D eigenvalue weighted by Gasteiger charge is 2.35. The van der Waals surface area contributed by atoms with E-state index in [1.165, 1.54) is 12.1 Å². The topological polar surface area (TPSA) is 26.3 Å². The Morgan fingerprint density at radius 1 is 1.22 bits per heavy atom. The van der Waals surface area contributed by atoms with Crippen LogP contribution in [0.3, 0.4) is 0 Å². The number of ether oxygens (including phenoxy) is 1. The quantitative estimate of drug-likeness (QED) is 0.763. The Morgan fingerprint density at radius 3 is 2.28 bits per heavy atom. The SMILES string of the molecule is CCC(CC)OC(=O)c1ccccc1C(F)(F)F. The summed E-state index contributed by atoms with van der Waals surface area (Å²) in [6.45, 7) is 3.63. The van der Waals surface area contributed by atoms with E-state index in [1.54, 1.807) is 0 Å². The standard InChI is InChI=1S/C13H15F3O2/c1-3-9(4-2)18-12(17)10-7-5-6-8-11(10)13(14,15)16/h5-9H,3-4H2,1-2H3. The van der Waals surface area contributed by atoms with Crippen LogP contribution in [0.5, 0.6) is 0 Å². The van der Waals surface area contributed by atoms with Gasteiger partial charge < -0.3 is 4.74 Å². The van der Waals surface area contributed by atoms with Gasteiger partial charge in [0.1, 0.15) is 6.10 Å². The molecule has 0 bridgehead atoms. The van der Waals surface area contributed by atoms with Crippen molar-refractivity contribution in [1.82, 2.24) is 0 Å². The predicted octanol–water partition coefficient (Wildman–Crippen LogP) is 4.05. The zero-order valence-electron chi connectivity index (χ0n) is 10.3. The van der Waals surface area contributed by atoms with Crippen molar-refractivity contribution >= 4 is 5.97 Å². The molecule has 1 aromatic carbocycles. The number of rotatable bonds is 4. The number of hydrogen-bond acceptors (Lipinski definition) is 2. The molecule has 0 aromatic heterocycles. The van der Waals surface area contributed by atoms with E-state index in [9.17, 15) is 18.0 Å². The molecule has 0 fully saturated rings. The molecule has 100 valence electrons. The first kappa shape index (κ1) is 14.5. The number of carbonyl (C=O) groups is 1. The Morgan fingerprint density at radius 2 is 1.78 bits per heavy atom. The van der Waals surface area contributed by atoms with Crippen LogP contribution in [0, 0.1) is 0 Å². The Hall–Kier alpha value is -1.52. The smallest absolute Gasteiger partial charge is 0.417 e. The van der Waals surface area contributed by atoms with Gasteiger partial charge in [-0.3, -0.25) is 0 Å². The van der Waals surface area contributed by atoms with Crippen molar-refractivity contribution in [1.29, 1.82) is 0 Å². The molecule has 5 heteroatoms. The molecule has 0 radical (unpaired) electrons. The van der Waals surface area contributed by atoms with E-state index in [0.29, 0.717) is 12.8 Å². The van der Waals surface area contributed by atoms with Gasteiger partial charge in [0.05, 0.1) is 11.1 Å². The highest BCUT2D eigenvalue weighted by atomic mass is 19.4. The second-order valence-corrected chi connectivity index (χ2v) is 3.89. The zero-order chi connectivity index (χ0) is 13.8. The molecular weight excluding hydrogens is 245 g/mol. The van der Waals surface area contributed by atoms with Crippen LogP contribution in [0.15, 0.2) is 24.3 Å². The van der Waals surface area contributed by atoms with Crippen molar-refractivity contribution in [3.05, 3.63) is 35.4 Å². The first-order valence-electron chi connectivity index (χ1n) is 5.77. The number of carbonyl (C=O) groups excluding carboxylic acids is 1. The number of esters is 1. The molecule has 2 nitrogen and oxygen atoms in total. The normalized spacial score (nSPS) is 11.7. The molecule has 1 aromatic rings. The van der Waals surface area contributed by atoms with E-state index in [0.717, 1.165) is 12.1 Å². The Bertz CT molecular complexity index is 409. The molecule has 0 atom stereocenters. The summed E-state index contributed by atoms with van der Waals surface area (Å²) in [4.78, 5) is 11.7. The van der Waals surface area contributed by atoms with Gasteiger partial charge in [0.25, 0.3) is 0 Å². The Balaban J connectivity index is 2.99. The number of hydrogen-bond donors (Lipinski definition) is 0. The predicted molar refractivity (Wildman–Crippen MR) is 61.2 cm³/mol. The molecule has 1 rings (SSSR count). The number of benzene rings is 1. The fourth-order valence-electron chi connectivity index (χ4n) is 1.58. The van der Waals surface area contributed by atoms with Crippen molar-refractivity contribution < 1.29 is 22.7 Å². The maximum Gasteiger partial charge on any atom is 0.417 e. The second-order valence-electron chi connectivity index (χ2n) is 3.89. The molecule has 0 N–H and O–H groups in total. The molecule has 0 aliphatic heterocycles. The van der Waals surface area contributed by atoms with Crippen LogP contribution in [0.2, 0.25) is 0 Å². The van der Waals surface area contributed by atoms with Gasteiger partial charge in [-0.25, -0.2) is 4.79 Å². The van der Waals surface area contributed by atoms with E-state index in [2.05, 4.69) is 0 Å². The van der Waals surface area contributed by atoms with Crippen molar-refractivity contribution in [3.8, 4) is 0 Å². The van der Waals surface area contributed by atoms with E-state index < -0.39 is 23.3 Å². The van der Waals surface area contributed by atoms with Crippen molar-refractivity contribution in [3.63, 3.8) is 0 Å². The molecule has 0 heterocycles. The average molecular weight is 260 g/mol. The van der Waals surface area contributed by atoms with E-state index in [1.807, 2.05) is 13.8 Å². The highest BCUT2D eigenvalue weighted by Crippen LogP contribution is 2.32. The third-order valence-corrected chi connectivity index (χ3v) is 2.64. The highest BCUT2D eigenvalue weighted by molar-refractivity contribution is 5.91. The molecular formula is C13H15F3O2. The fraction of sp³-hybridized carbons (Fsp3) is 0.462. The van der Waals surface area contributed by atoms with Crippen LogP contribution in [0.25, 0.3) is 0 Å². The van der Waals surface area contributed by atoms with Gasteiger partial charge in [-0.1, -0.05) is 26.0 Å². The summed E-state index contributed by atoms with van der Waals surface area (Å²) in [5, 5.41) is 0. The summed E-state index contributed by atoms with van der Waals surface area (Å²) in [7, 11) is 0. The monoisotopic (exact) mass is 260 g/mol. The van der Waals surface area contributed by atoms with Crippen LogP contribution >= 0.6 is 0 Å². The summed E-state index contributed by atoms with van der Waals surface area (Å²) >= 11 is 0. The molecule has 18 heavy (non-hydrogen) atoms. The van der Waals surface area contributed by atoms with Crippen LogP contribution < -0.4 is 0 Å². The minimum atomic E-state index is -4.55. The van der Waals surface area contributed by atoms with E-state index in [-0.39, 0.29) is 6.10 Å². The molecule has 0 unspecified atom stereocenters. The third kappa shape index (κ3) is 3.48. The molecule has 0 spiro atoms. The maximum atomic E-state index is 12.7. The summed E-state index contributed by atoms with van der Waals surface area (Å²) in [5.41, 5.74) is -1.39.